The molecule has 7 rings (SSSR count). The monoisotopic (exact) mass is 956 g/mol. The number of carbonyl (C=O) groups is 2. The fourth-order valence-corrected chi connectivity index (χ4v) is 8.81. The zero-order chi connectivity index (χ0) is 49.9. The van der Waals surface area contributed by atoms with E-state index < -0.39 is 86.0 Å². The first-order valence-electron chi connectivity index (χ1n) is 23.1. The summed E-state index contributed by atoms with van der Waals surface area (Å²) in [5.41, 5.74) is -3.52. The van der Waals surface area contributed by atoms with E-state index in [1.807, 2.05) is 12.1 Å². The molecule has 6 aromatic rings. The summed E-state index contributed by atoms with van der Waals surface area (Å²) in [7, 11) is 0. The van der Waals surface area contributed by atoms with E-state index in [0.717, 1.165) is 74.1 Å². The van der Waals surface area contributed by atoms with Gasteiger partial charge in [-0.1, -0.05) is 58.9 Å². The van der Waals surface area contributed by atoms with Gasteiger partial charge in [-0.15, -0.1) is 0 Å². The first-order chi connectivity index (χ1) is 32.9. The lowest BCUT2D eigenvalue weighted by Gasteiger charge is -2.30. The van der Waals surface area contributed by atoms with E-state index in [1.54, 1.807) is 26.0 Å². The second-order valence-electron chi connectivity index (χ2n) is 18.1. The van der Waals surface area contributed by atoms with Crippen LogP contribution in [0, 0.1) is 46.5 Å². The highest BCUT2D eigenvalue weighted by atomic mass is 19.2. The Hall–Kier alpha value is -6.50. The molecule has 6 aromatic carbocycles. The maximum atomic E-state index is 15.4. The number of hydrogen-bond donors (Lipinski definition) is 0. The molecule has 0 aromatic heterocycles. The van der Waals surface area contributed by atoms with Crippen molar-refractivity contribution < 1.29 is 58.9 Å². The Morgan fingerprint density at radius 1 is 0.449 bits per heavy atom. The van der Waals surface area contributed by atoms with Crippen LogP contribution in [0.4, 0.5) is 35.1 Å². The molecule has 0 spiro atoms. The number of halogens is 8. The molecule has 0 unspecified atom stereocenters. The Kier molecular flexibility index (Phi) is 15.1. The van der Waals surface area contributed by atoms with Crippen LogP contribution in [-0.4, -0.2) is 17.2 Å². The van der Waals surface area contributed by atoms with Crippen LogP contribution in [0.2, 0.25) is 0 Å². The Morgan fingerprint density at radius 2 is 0.783 bits per heavy atom. The number of ketones is 2. The van der Waals surface area contributed by atoms with E-state index in [1.165, 1.54) is 48.9 Å². The quantitative estimate of drug-likeness (QED) is 0.0518. The SMILES string of the molecule is CCC(C)(CC)Oc1ccc(C2CCC(c3ccc(Oc4c(F)c(F)c(C(=O)c5ccc(Oc6ccc(C(=O)c7c(F)c(F)c(C(C)(CC)CC)c(F)c7F)cc6)cc5)c(F)c4F)cc3)CC2)cc1. The Morgan fingerprint density at radius 3 is 1.14 bits per heavy atom. The third kappa shape index (κ3) is 10.1. The standard InChI is InChI=1S/C56H52F8O5/c1-7-55(5,8-2)43-48(61)44(57)41(45(58)49(43)62)52(65)35-19-25-37(26-20-35)67-38-27-21-36(22-28-38)53(66)42-46(59)50(63)54(51(64)47(42)60)68-39-23-15-33(16-24-39)31-11-13-32(14-12-31)34-17-29-40(30-18-34)69-56(6,9-3)10-4/h15-32H,7-14H2,1-6H3. The minimum atomic E-state index is -1.96. The van der Waals surface area contributed by atoms with Crippen LogP contribution in [0.5, 0.6) is 28.7 Å². The predicted octanol–water partition coefficient (Wildman–Crippen LogP) is 16.3. The number of hydrogen-bond acceptors (Lipinski definition) is 5. The summed E-state index contributed by atoms with van der Waals surface area (Å²) in [5.74, 6) is -17.2. The van der Waals surface area contributed by atoms with Gasteiger partial charge in [0.05, 0.1) is 0 Å². The second kappa shape index (κ2) is 20.6. The first-order valence-corrected chi connectivity index (χ1v) is 23.1. The normalized spacial score (nSPS) is 15.2. The molecule has 1 aliphatic rings. The lowest BCUT2D eigenvalue weighted by molar-refractivity contribution is 0.0802. The van der Waals surface area contributed by atoms with Gasteiger partial charge in [0.1, 0.15) is 39.7 Å². The van der Waals surface area contributed by atoms with Crippen LogP contribution in [0.3, 0.4) is 0 Å². The topological polar surface area (TPSA) is 61.8 Å². The zero-order valence-corrected chi connectivity index (χ0v) is 39.1. The van der Waals surface area contributed by atoms with Crippen molar-refractivity contribution in [3.63, 3.8) is 0 Å². The zero-order valence-electron chi connectivity index (χ0n) is 39.1. The van der Waals surface area contributed by atoms with Crippen LogP contribution in [0.25, 0.3) is 0 Å². The maximum absolute atomic E-state index is 15.4. The molecule has 5 nitrogen and oxygen atoms in total. The average Bonchev–Trinajstić information content (AvgIpc) is 3.37. The van der Waals surface area contributed by atoms with Crippen molar-refractivity contribution in [1.82, 2.24) is 0 Å². The van der Waals surface area contributed by atoms with Crippen molar-refractivity contribution in [2.75, 3.05) is 0 Å². The molecule has 13 heteroatoms. The van der Waals surface area contributed by atoms with Gasteiger partial charge in [0, 0.05) is 16.7 Å². The molecule has 1 saturated carbocycles. The number of rotatable bonds is 17. The lowest BCUT2D eigenvalue weighted by Crippen LogP contribution is -2.30. The molecule has 1 fully saturated rings. The number of ether oxygens (including phenoxy) is 3. The number of benzene rings is 6. The van der Waals surface area contributed by atoms with Gasteiger partial charge in [-0.25, -0.2) is 26.3 Å². The van der Waals surface area contributed by atoms with Gasteiger partial charge in [-0.05, 0) is 159 Å². The molecule has 0 amide bonds. The summed E-state index contributed by atoms with van der Waals surface area (Å²) in [6.07, 6.45) is 5.91. The van der Waals surface area contributed by atoms with Gasteiger partial charge >= 0.3 is 0 Å². The van der Waals surface area contributed by atoms with Crippen molar-refractivity contribution in [2.45, 2.75) is 116 Å². The molecular weight excluding hydrogens is 905 g/mol. The van der Waals surface area contributed by atoms with Crippen LogP contribution >= 0.6 is 0 Å². The van der Waals surface area contributed by atoms with Crippen molar-refractivity contribution in [2.24, 2.45) is 0 Å². The first kappa shape index (κ1) is 50.4. The molecule has 362 valence electrons. The summed E-state index contributed by atoms with van der Waals surface area (Å²) in [4.78, 5) is 26.4. The third-order valence-corrected chi connectivity index (χ3v) is 14.1. The molecule has 1 aliphatic carbocycles. The van der Waals surface area contributed by atoms with Crippen molar-refractivity contribution in [3.8, 4) is 28.7 Å². The van der Waals surface area contributed by atoms with Crippen molar-refractivity contribution in [3.05, 3.63) is 183 Å². The summed E-state index contributed by atoms with van der Waals surface area (Å²) in [5, 5.41) is 0. The van der Waals surface area contributed by atoms with Crippen LogP contribution in [0.15, 0.2) is 97.1 Å². The summed E-state index contributed by atoms with van der Waals surface area (Å²) in [6, 6.07) is 24.0. The van der Waals surface area contributed by atoms with E-state index in [9.17, 15) is 9.59 Å². The minimum absolute atomic E-state index is 0.0528. The van der Waals surface area contributed by atoms with Gasteiger partial charge in [0.15, 0.2) is 46.5 Å². The van der Waals surface area contributed by atoms with E-state index >= 15 is 35.1 Å². The summed E-state index contributed by atoms with van der Waals surface area (Å²) < 4.78 is 140. The van der Waals surface area contributed by atoms with E-state index in [-0.39, 0.29) is 52.7 Å². The van der Waals surface area contributed by atoms with Gasteiger partial charge in [-0.2, -0.15) is 8.78 Å². The van der Waals surface area contributed by atoms with Crippen LogP contribution in [0.1, 0.15) is 153 Å². The smallest absolute Gasteiger partial charge is 0.205 e. The highest BCUT2D eigenvalue weighted by Crippen LogP contribution is 2.43. The fraction of sp³-hybridized carbons (Fsp3) is 0.321. The van der Waals surface area contributed by atoms with Gasteiger partial charge in [0.25, 0.3) is 0 Å². The molecule has 0 bridgehead atoms. The second-order valence-corrected chi connectivity index (χ2v) is 18.1. The average molecular weight is 957 g/mol. The lowest BCUT2D eigenvalue weighted by atomic mass is 9.76. The number of carbonyl (C=O) groups excluding carboxylic acids is 2. The largest absolute Gasteiger partial charge is 0.488 e. The minimum Gasteiger partial charge on any atom is -0.488 e. The van der Waals surface area contributed by atoms with Crippen molar-refractivity contribution >= 4 is 11.6 Å². The summed E-state index contributed by atoms with van der Waals surface area (Å²) in [6.45, 7) is 11.0. The van der Waals surface area contributed by atoms with Crippen molar-refractivity contribution in [1.29, 1.82) is 0 Å². The van der Waals surface area contributed by atoms with E-state index in [2.05, 4.69) is 32.9 Å². The van der Waals surface area contributed by atoms with Gasteiger partial charge in [-0.3, -0.25) is 9.59 Å². The Labute approximate surface area is 396 Å². The molecule has 0 saturated heterocycles. The van der Waals surface area contributed by atoms with Crippen LogP contribution < -0.4 is 14.2 Å². The molecule has 0 N–H and O–H groups in total. The predicted molar refractivity (Wildman–Crippen MR) is 247 cm³/mol. The Bertz CT molecular complexity index is 2770. The highest BCUT2D eigenvalue weighted by Gasteiger charge is 2.38. The van der Waals surface area contributed by atoms with E-state index in [0.29, 0.717) is 5.92 Å². The van der Waals surface area contributed by atoms with Gasteiger partial charge < -0.3 is 14.2 Å². The fourth-order valence-electron chi connectivity index (χ4n) is 8.81. The highest BCUT2D eigenvalue weighted by molar-refractivity contribution is 6.10. The van der Waals surface area contributed by atoms with Crippen LogP contribution in [-0.2, 0) is 5.41 Å². The third-order valence-electron chi connectivity index (χ3n) is 14.1. The Balaban J connectivity index is 0.972. The van der Waals surface area contributed by atoms with E-state index in [4.69, 9.17) is 14.2 Å². The molecule has 0 heterocycles. The molecule has 69 heavy (non-hydrogen) atoms. The molecular formula is C56H52F8O5. The molecule has 0 aliphatic heterocycles. The maximum Gasteiger partial charge on any atom is 0.205 e. The summed E-state index contributed by atoms with van der Waals surface area (Å²) >= 11 is 0. The molecule has 0 atom stereocenters. The van der Waals surface area contributed by atoms with Gasteiger partial charge in [0.2, 0.25) is 17.4 Å². The molecule has 0 radical (unpaired) electrons.